The van der Waals surface area contributed by atoms with Gasteiger partial charge < -0.3 is 19.1 Å². The van der Waals surface area contributed by atoms with Gasteiger partial charge in [-0.3, -0.25) is 14.7 Å². The van der Waals surface area contributed by atoms with Gasteiger partial charge in [-0.1, -0.05) is 12.8 Å². The zero-order chi connectivity index (χ0) is 20.5. The van der Waals surface area contributed by atoms with Gasteiger partial charge in [0, 0.05) is 6.54 Å². The first-order valence-electron chi connectivity index (χ1n) is 10.8. The zero-order valence-electron chi connectivity index (χ0n) is 17.3. The van der Waals surface area contributed by atoms with Crippen LogP contribution in [0.2, 0.25) is 0 Å². The van der Waals surface area contributed by atoms with E-state index in [1.54, 1.807) is 13.3 Å². The Morgan fingerprint density at radius 3 is 2.73 bits per heavy atom. The summed E-state index contributed by atoms with van der Waals surface area (Å²) in [6.07, 6.45) is 6.86. The van der Waals surface area contributed by atoms with Crippen molar-refractivity contribution in [3.05, 3.63) is 40.5 Å². The van der Waals surface area contributed by atoms with Crippen LogP contribution in [0.25, 0.3) is 0 Å². The number of furan rings is 2. The SMILES string of the molecule is Cc1oc2c(c1C(=O)NCc1ccc(CN3CCCCCC3)o1)C1=NCCN1C=N2. The number of aryl methyl sites for hydroxylation is 1. The lowest BCUT2D eigenvalue weighted by Crippen LogP contribution is -2.32. The van der Waals surface area contributed by atoms with Crippen molar-refractivity contribution in [3.63, 3.8) is 0 Å². The van der Waals surface area contributed by atoms with Crippen molar-refractivity contribution < 1.29 is 13.6 Å². The smallest absolute Gasteiger partial charge is 0.256 e. The molecule has 5 rings (SSSR count). The number of carbonyl (C=O) groups is 1. The summed E-state index contributed by atoms with van der Waals surface area (Å²) in [6, 6.07) is 3.95. The molecule has 0 radical (unpaired) electrons. The van der Waals surface area contributed by atoms with Gasteiger partial charge in [-0.05, 0) is 45.0 Å². The minimum Gasteiger partial charge on any atom is -0.463 e. The van der Waals surface area contributed by atoms with Gasteiger partial charge in [-0.25, -0.2) is 4.99 Å². The van der Waals surface area contributed by atoms with Crippen LogP contribution in [0.4, 0.5) is 5.88 Å². The Labute approximate surface area is 175 Å². The van der Waals surface area contributed by atoms with Crippen LogP contribution < -0.4 is 5.32 Å². The lowest BCUT2D eigenvalue weighted by molar-refractivity contribution is 0.0946. The number of hydrogen-bond donors (Lipinski definition) is 1. The van der Waals surface area contributed by atoms with Gasteiger partial charge in [-0.2, -0.15) is 0 Å². The Morgan fingerprint density at radius 2 is 1.90 bits per heavy atom. The number of hydrogen-bond acceptors (Lipinski definition) is 7. The molecular formula is C22H27N5O3. The fraction of sp³-hybridized carbons (Fsp3) is 0.500. The van der Waals surface area contributed by atoms with Crippen molar-refractivity contribution in [2.75, 3.05) is 26.2 Å². The van der Waals surface area contributed by atoms with Crippen LogP contribution in [0.5, 0.6) is 0 Å². The van der Waals surface area contributed by atoms with Gasteiger partial charge in [0.05, 0.1) is 30.8 Å². The van der Waals surface area contributed by atoms with Gasteiger partial charge >= 0.3 is 0 Å². The van der Waals surface area contributed by atoms with Crippen molar-refractivity contribution in [3.8, 4) is 0 Å². The molecule has 0 unspecified atom stereocenters. The molecule has 2 aromatic rings. The monoisotopic (exact) mass is 409 g/mol. The molecule has 0 bridgehead atoms. The fourth-order valence-corrected chi connectivity index (χ4v) is 4.39. The molecule has 30 heavy (non-hydrogen) atoms. The maximum atomic E-state index is 13.0. The summed E-state index contributed by atoms with van der Waals surface area (Å²) in [5.41, 5.74) is 1.19. The predicted octanol–water partition coefficient (Wildman–Crippen LogP) is 3.22. The molecule has 1 amide bonds. The third kappa shape index (κ3) is 3.67. The average Bonchev–Trinajstić information content (AvgIpc) is 3.41. The Bertz CT molecular complexity index is 995. The van der Waals surface area contributed by atoms with Gasteiger partial charge in [0.25, 0.3) is 5.91 Å². The highest BCUT2D eigenvalue weighted by Gasteiger charge is 2.33. The van der Waals surface area contributed by atoms with Gasteiger partial charge in [0.1, 0.15) is 29.5 Å². The molecule has 3 aliphatic rings. The van der Waals surface area contributed by atoms with E-state index in [-0.39, 0.29) is 5.91 Å². The highest BCUT2D eigenvalue weighted by atomic mass is 16.4. The zero-order valence-corrected chi connectivity index (χ0v) is 17.3. The number of likely N-dealkylation sites (tertiary alicyclic amines) is 1. The molecule has 0 saturated carbocycles. The molecule has 1 N–H and O–H groups in total. The van der Waals surface area contributed by atoms with Gasteiger partial charge in [-0.15, -0.1) is 0 Å². The number of nitrogens with zero attached hydrogens (tertiary/aromatic N) is 4. The summed E-state index contributed by atoms with van der Waals surface area (Å²) in [7, 11) is 0. The van der Waals surface area contributed by atoms with E-state index in [0.717, 1.165) is 43.5 Å². The van der Waals surface area contributed by atoms with Crippen LogP contribution in [0.1, 0.15) is 58.9 Å². The second-order valence-electron chi connectivity index (χ2n) is 8.10. The first-order chi connectivity index (χ1) is 14.7. The molecule has 1 fully saturated rings. The summed E-state index contributed by atoms with van der Waals surface area (Å²) in [6.45, 7) is 6.67. The Hall–Kier alpha value is -2.87. The molecule has 0 atom stereocenters. The summed E-state index contributed by atoms with van der Waals surface area (Å²) < 4.78 is 11.7. The van der Waals surface area contributed by atoms with Crippen molar-refractivity contribution in [1.29, 1.82) is 0 Å². The molecule has 158 valence electrons. The highest BCUT2D eigenvalue weighted by Crippen LogP contribution is 2.34. The minimum atomic E-state index is -0.199. The highest BCUT2D eigenvalue weighted by molar-refractivity contribution is 6.17. The number of carbonyl (C=O) groups excluding carboxylic acids is 1. The van der Waals surface area contributed by atoms with Crippen LogP contribution in [0, 0.1) is 6.92 Å². The number of nitrogens with one attached hydrogen (secondary N) is 1. The largest absolute Gasteiger partial charge is 0.463 e. The molecule has 5 heterocycles. The third-order valence-corrected chi connectivity index (χ3v) is 5.92. The Balaban J connectivity index is 1.25. The summed E-state index contributed by atoms with van der Waals surface area (Å²) >= 11 is 0. The second-order valence-corrected chi connectivity index (χ2v) is 8.10. The summed E-state index contributed by atoms with van der Waals surface area (Å²) in [5.74, 6) is 3.26. The van der Waals surface area contributed by atoms with Crippen LogP contribution in [0.3, 0.4) is 0 Å². The molecule has 0 spiro atoms. The van der Waals surface area contributed by atoms with E-state index in [1.165, 1.54) is 25.7 Å². The molecular weight excluding hydrogens is 382 g/mol. The lowest BCUT2D eigenvalue weighted by atomic mass is 10.1. The molecule has 1 saturated heterocycles. The first-order valence-corrected chi connectivity index (χ1v) is 10.8. The van der Waals surface area contributed by atoms with E-state index in [9.17, 15) is 4.79 Å². The van der Waals surface area contributed by atoms with Crippen LogP contribution >= 0.6 is 0 Å². The number of aliphatic imine (C=N–C) groups is 2. The van der Waals surface area contributed by atoms with Crippen molar-refractivity contribution in [1.82, 2.24) is 15.1 Å². The van der Waals surface area contributed by atoms with Crippen molar-refractivity contribution in [2.24, 2.45) is 9.98 Å². The lowest BCUT2D eigenvalue weighted by Gasteiger charge is -2.18. The van der Waals surface area contributed by atoms with Crippen LogP contribution in [0.15, 0.2) is 31.0 Å². The molecule has 8 nitrogen and oxygen atoms in total. The standard InChI is InChI=1S/C22H27N5O3/c1-15-18(19-20-23-8-11-27(20)14-25-22(19)29-15)21(28)24-12-16-6-7-17(30-16)13-26-9-4-2-3-5-10-26/h6-7,14H,2-5,8-13H2,1H3,(H,24,28). The maximum Gasteiger partial charge on any atom is 0.256 e. The van der Waals surface area contributed by atoms with Crippen LogP contribution in [-0.2, 0) is 13.1 Å². The molecule has 0 aliphatic carbocycles. The maximum absolute atomic E-state index is 13.0. The summed E-state index contributed by atoms with van der Waals surface area (Å²) in [4.78, 5) is 26.2. The average molecular weight is 409 g/mol. The van der Waals surface area contributed by atoms with E-state index in [4.69, 9.17) is 8.83 Å². The second kappa shape index (κ2) is 8.10. The molecule has 0 aromatic carbocycles. The number of amides is 1. The summed E-state index contributed by atoms with van der Waals surface area (Å²) in [5, 5.41) is 2.97. The van der Waals surface area contributed by atoms with E-state index < -0.39 is 0 Å². The Kier molecular flexibility index (Phi) is 5.16. The minimum absolute atomic E-state index is 0.199. The number of rotatable bonds is 5. The predicted molar refractivity (Wildman–Crippen MR) is 113 cm³/mol. The van der Waals surface area contributed by atoms with E-state index in [0.29, 0.717) is 35.9 Å². The molecule has 8 heteroatoms. The third-order valence-electron chi connectivity index (χ3n) is 5.92. The topological polar surface area (TPSA) is 86.6 Å². The fourth-order valence-electron chi connectivity index (χ4n) is 4.39. The van der Waals surface area contributed by atoms with Gasteiger partial charge in [0.15, 0.2) is 0 Å². The van der Waals surface area contributed by atoms with Crippen LogP contribution in [-0.4, -0.2) is 54.1 Å². The van der Waals surface area contributed by atoms with Crippen molar-refractivity contribution in [2.45, 2.75) is 45.7 Å². The Morgan fingerprint density at radius 1 is 1.10 bits per heavy atom. The first kappa shape index (κ1) is 19.1. The normalized spacial score (nSPS) is 18.7. The molecule has 2 aromatic heterocycles. The van der Waals surface area contributed by atoms with Gasteiger partial charge in [0.2, 0.25) is 5.88 Å². The van der Waals surface area contributed by atoms with E-state index in [2.05, 4.69) is 20.2 Å². The quantitative estimate of drug-likeness (QED) is 0.819. The van der Waals surface area contributed by atoms with Crippen molar-refractivity contribution >= 4 is 24.0 Å². The van der Waals surface area contributed by atoms with E-state index >= 15 is 0 Å². The number of fused-ring (bicyclic) bond motifs is 3. The number of amidine groups is 1. The van der Waals surface area contributed by atoms with E-state index in [1.807, 2.05) is 17.0 Å². The molecule has 3 aliphatic heterocycles.